The van der Waals surface area contributed by atoms with Gasteiger partial charge in [0.25, 0.3) is 14.2 Å². The number of rotatable bonds is 9. The van der Waals surface area contributed by atoms with Crippen molar-refractivity contribution in [2.75, 3.05) is 13.2 Å². The van der Waals surface area contributed by atoms with E-state index in [4.69, 9.17) is 4.43 Å². The summed E-state index contributed by atoms with van der Waals surface area (Å²) in [6, 6.07) is 39.4. The maximum absolute atomic E-state index is 14.2. The molecular weight excluding hydrogens is 494 g/mol. The summed E-state index contributed by atoms with van der Waals surface area (Å²) in [6.45, 7) is 14.0. The molecule has 0 saturated heterocycles. The molecule has 0 N–H and O–H groups in total. The predicted octanol–water partition coefficient (Wildman–Crippen LogP) is 6.95. The third-order valence-electron chi connectivity index (χ3n) is 7.83. The molecule has 1 amide bonds. The highest BCUT2D eigenvalue weighted by Gasteiger charge is 2.50. The van der Waals surface area contributed by atoms with Gasteiger partial charge < -0.3 is 9.33 Å². The summed E-state index contributed by atoms with van der Waals surface area (Å²) < 4.78 is 7.19. The highest BCUT2D eigenvalue weighted by Crippen LogP contribution is 2.37. The van der Waals surface area contributed by atoms with Crippen LogP contribution in [0.5, 0.6) is 0 Å². The van der Waals surface area contributed by atoms with E-state index in [0.29, 0.717) is 13.2 Å². The van der Waals surface area contributed by atoms with Gasteiger partial charge in [-0.1, -0.05) is 130 Å². The second-order valence-corrected chi connectivity index (χ2v) is 16.0. The van der Waals surface area contributed by atoms with Gasteiger partial charge in [0, 0.05) is 12.1 Å². The summed E-state index contributed by atoms with van der Waals surface area (Å²) in [6.07, 6.45) is 0. The van der Waals surface area contributed by atoms with Gasteiger partial charge in [-0.2, -0.15) is 0 Å². The number of amides is 1. The summed E-state index contributed by atoms with van der Waals surface area (Å²) in [7, 11) is -2.72. The lowest BCUT2D eigenvalue weighted by atomic mass is 9.91. The number of hydrogen-bond donors (Lipinski definition) is 0. The van der Waals surface area contributed by atoms with E-state index in [1.54, 1.807) is 0 Å². The van der Waals surface area contributed by atoms with Crippen molar-refractivity contribution in [3.8, 4) is 0 Å². The number of hydrogen-bond acceptors (Lipinski definition) is 2. The molecule has 0 atom stereocenters. The van der Waals surface area contributed by atoms with Crippen molar-refractivity contribution in [1.82, 2.24) is 4.90 Å². The predicted molar refractivity (Wildman–Crippen MR) is 165 cm³/mol. The Balaban J connectivity index is 1.75. The van der Waals surface area contributed by atoms with Crippen LogP contribution in [0.3, 0.4) is 0 Å². The molecule has 0 saturated carbocycles. The smallest absolute Gasteiger partial charge is 0.261 e. The van der Waals surface area contributed by atoms with Crippen LogP contribution in [0.1, 0.15) is 56.1 Å². The van der Waals surface area contributed by atoms with Gasteiger partial charge in [-0.15, -0.1) is 0 Å². The molecule has 202 valence electrons. The number of carbonyl (C=O) groups excluding carboxylic acids is 1. The van der Waals surface area contributed by atoms with E-state index in [2.05, 4.69) is 107 Å². The summed E-state index contributed by atoms with van der Waals surface area (Å²) in [5.41, 5.74) is 2.27. The lowest BCUT2D eigenvalue weighted by molar-refractivity contribution is 0.0489. The first kappa shape index (κ1) is 28.5. The Hall–Kier alpha value is -3.47. The summed E-state index contributed by atoms with van der Waals surface area (Å²) >= 11 is 0. The molecule has 4 rings (SSSR count). The first-order chi connectivity index (χ1) is 18.6. The first-order valence-electron chi connectivity index (χ1n) is 13.8. The van der Waals surface area contributed by atoms with Crippen molar-refractivity contribution in [1.29, 1.82) is 0 Å². The van der Waals surface area contributed by atoms with Gasteiger partial charge in [0.05, 0.1) is 12.1 Å². The molecule has 4 aromatic rings. The Morgan fingerprint density at radius 1 is 0.692 bits per heavy atom. The third-order valence-corrected chi connectivity index (χ3v) is 12.9. The van der Waals surface area contributed by atoms with Crippen molar-refractivity contribution in [2.45, 2.75) is 52.1 Å². The fourth-order valence-electron chi connectivity index (χ4n) is 5.65. The lowest BCUT2D eigenvalue weighted by Gasteiger charge is -2.44. The molecule has 0 spiro atoms. The molecule has 0 fully saturated rings. The second kappa shape index (κ2) is 11.7. The molecule has 0 aliphatic heterocycles. The van der Waals surface area contributed by atoms with Crippen LogP contribution in [-0.2, 0) is 9.96 Å². The number of carbonyl (C=O) groups is 1. The van der Waals surface area contributed by atoms with E-state index in [1.165, 1.54) is 10.4 Å². The molecule has 0 aliphatic rings. The Labute approximate surface area is 235 Å². The lowest BCUT2D eigenvalue weighted by Crippen LogP contribution is -2.67. The minimum Gasteiger partial charge on any atom is -0.406 e. The normalized spacial score (nSPS) is 12.3. The van der Waals surface area contributed by atoms with Crippen LogP contribution in [0.2, 0.25) is 5.04 Å². The van der Waals surface area contributed by atoms with Crippen LogP contribution in [0, 0.1) is 6.92 Å². The molecule has 0 aromatic heterocycles. The average molecular weight is 536 g/mol. The first-order valence-corrected chi connectivity index (χ1v) is 15.7. The van der Waals surface area contributed by atoms with Gasteiger partial charge in [-0.3, -0.25) is 4.79 Å². The van der Waals surface area contributed by atoms with Crippen LogP contribution >= 0.6 is 0 Å². The molecule has 0 bridgehead atoms. The molecule has 39 heavy (non-hydrogen) atoms. The molecule has 0 aliphatic carbocycles. The Kier molecular flexibility index (Phi) is 8.58. The molecule has 3 nitrogen and oxygen atoms in total. The Bertz CT molecular complexity index is 1320. The van der Waals surface area contributed by atoms with E-state index in [0.717, 1.165) is 16.7 Å². The SMILES string of the molecule is Cc1ccccc1C(=O)N(CCO[Si](c1ccccc1)(c1ccccc1)C(C)(C)C)C(C)(C)c1ccccc1. The minimum atomic E-state index is -2.72. The van der Waals surface area contributed by atoms with Crippen molar-refractivity contribution < 1.29 is 9.22 Å². The van der Waals surface area contributed by atoms with E-state index in [-0.39, 0.29) is 10.9 Å². The standard InChI is InChI=1S/C35H41NO2Si/c1-28-18-16-17-25-32(28)33(37)36(35(5,6)29-19-10-7-11-20-29)26-27-38-39(34(2,3)4,30-21-12-8-13-22-30)31-23-14-9-15-24-31/h7-25H,26-27H2,1-6H3. The average Bonchev–Trinajstić information content (AvgIpc) is 2.94. The molecule has 4 aromatic carbocycles. The fraction of sp³-hybridized carbons (Fsp3) is 0.286. The maximum atomic E-state index is 14.2. The zero-order valence-corrected chi connectivity index (χ0v) is 25.1. The molecule has 0 unspecified atom stereocenters. The maximum Gasteiger partial charge on any atom is 0.261 e. The van der Waals surface area contributed by atoms with Crippen LogP contribution in [0.4, 0.5) is 0 Å². The van der Waals surface area contributed by atoms with Gasteiger partial charge in [-0.05, 0) is 53.4 Å². The molecule has 4 heteroatoms. The van der Waals surface area contributed by atoms with Crippen LogP contribution < -0.4 is 10.4 Å². The summed E-state index contributed by atoms with van der Waals surface area (Å²) in [5.74, 6) is 0.0213. The number of nitrogens with zero attached hydrogens (tertiary/aromatic N) is 1. The van der Waals surface area contributed by atoms with E-state index in [1.807, 2.05) is 54.3 Å². The van der Waals surface area contributed by atoms with Crippen LogP contribution in [0.15, 0.2) is 115 Å². The topological polar surface area (TPSA) is 29.5 Å². The largest absolute Gasteiger partial charge is 0.406 e. The van der Waals surface area contributed by atoms with Crippen molar-refractivity contribution in [3.05, 3.63) is 132 Å². The quantitative estimate of drug-likeness (QED) is 0.217. The van der Waals surface area contributed by atoms with Crippen molar-refractivity contribution >= 4 is 24.6 Å². The van der Waals surface area contributed by atoms with E-state index in [9.17, 15) is 4.79 Å². The minimum absolute atomic E-state index is 0.0213. The highest BCUT2D eigenvalue weighted by atomic mass is 28.4. The summed E-state index contributed by atoms with van der Waals surface area (Å²) in [4.78, 5) is 16.1. The van der Waals surface area contributed by atoms with Gasteiger partial charge >= 0.3 is 0 Å². The molecular formula is C35H41NO2Si. The molecule has 0 heterocycles. The zero-order chi connectivity index (χ0) is 28.1. The Morgan fingerprint density at radius 3 is 1.64 bits per heavy atom. The van der Waals surface area contributed by atoms with Crippen molar-refractivity contribution in [2.24, 2.45) is 0 Å². The molecule has 0 radical (unpaired) electrons. The third kappa shape index (κ3) is 5.78. The van der Waals surface area contributed by atoms with Crippen LogP contribution in [-0.4, -0.2) is 32.3 Å². The Morgan fingerprint density at radius 2 is 1.15 bits per heavy atom. The fourth-order valence-corrected chi connectivity index (χ4v) is 10.2. The van der Waals surface area contributed by atoms with Gasteiger partial charge in [0.1, 0.15) is 0 Å². The number of benzene rings is 4. The van der Waals surface area contributed by atoms with Gasteiger partial charge in [0.15, 0.2) is 0 Å². The van der Waals surface area contributed by atoms with Crippen molar-refractivity contribution in [3.63, 3.8) is 0 Å². The monoisotopic (exact) mass is 535 g/mol. The second-order valence-electron chi connectivity index (χ2n) is 11.7. The highest BCUT2D eigenvalue weighted by molar-refractivity contribution is 6.99. The van der Waals surface area contributed by atoms with E-state index >= 15 is 0 Å². The number of aryl methyl sites for hydroxylation is 1. The van der Waals surface area contributed by atoms with E-state index < -0.39 is 13.9 Å². The van der Waals surface area contributed by atoms with Gasteiger partial charge in [-0.25, -0.2) is 0 Å². The summed E-state index contributed by atoms with van der Waals surface area (Å²) in [5, 5.41) is 2.35. The zero-order valence-electron chi connectivity index (χ0n) is 24.1. The van der Waals surface area contributed by atoms with Gasteiger partial charge in [0.2, 0.25) is 0 Å². The van der Waals surface area contributed by atoms with Crippen LogP contribution in [0.25, 0.3) is 0 Å².